The molecule has 2 fully saturated rings. The number of amides is 2. The van der Waals surface area contributed by atoms with Gasteiger partial charge < -0.3 is 14.5 Å². The van der Waals surface area contributed by atoms with Gasteiger partial charge in [0.25, 0.3) is 0 Å². The number of carbonyl (C=O) groups excluding carboxylic acids is 2. The van der Waals surface area contributed by atoms with E-state index in [4.69, 9.17) is 4.74 Å². The van der Waals surface area contributed by atoms with Gasteiger partial charge in [0, 0.05) is 37.0 Å². The highest BCUT2D eigenvalue weighted by Gasteiger charge is 2.39. The third kappa shape index (κ3) is 2.79. The molecule has 2 aliphatic rings. The van der Waals surface area contributed by atoms with Gasteiger partial charge in [-0.1, -0.05) is 6.07 Å². The van der Waals surface area contributed by atoms with Crippen molar-refractivity contribution < 1.29 is 14.3 Å². The monoisotopic (exact) mass is 320 g/mol. The van der Waals surface area contributed by atoms with Crippen LogP contribution in [0.25, 0.3) is 0 Å². The standard InChI is InChI=1S/C16H20N2O3S/c1-11-17(6-7-22-11)16(20)12-8-15(19)18(10-12)13-4-3-5-14(9-13)21-2/h3-5,9,11-12H,6-8,10H2,1-2H3. The lowest BCUT2D eigenvalue weighted by Crippen LogP contribution is -2.39. The number of ether oxygens (including phenoxy) is 1. The van der Waals surface area contributed by atoms with Gasteiger partial charge in [-0.25, -0.2) is 0 Å². The summed E-state index contributed by atoms with van der Waals surface area (Å²) in [6.07, 6.45) is 0.296. The minimum Gasteiger partial charge on any atom is -0.497 e. The lowest BCUT2D eigenvalue weighted by Gasteiger charge is -2.24. The Morgan fingerprint density at radius 2 is 2.23 bits per heavy atom. The summed E-state index contributed by atoms with van der Waals surface area (Å²) >= 11 is 1.79. The first-order valence-corrected chi connectivity index (χ1v) is 8.51. The fourth-order valence-electron chi connectivity index (χ4n) is 3.02. The number of carbonyl (C=O) groups is 2. The first-order valence-electron chi connectivity index (χ1n) is 7.46. The lowest BCUT2D eigenvalue weighted by molar-refractivity contribution is -0.135. The van der Waals surface area contributed by atoms with Crippen LogP contribution in [0.15, 0.2) is 24.3 Å². The summed E-state index contributed by atoms with van der Waals surface area (Å²) in [6.45, 7) is 3.29. The molecule has 1 aromatic carbocycles. The van der Waals surface area contributed by atoms with Gasteiger partial charge in [-0.2, -0.15) is 0 Å². The Labute approximate surface area is 134 Å². The molecule has 22 heavy (non-hydrogen) atoms. The summed E-state index contributed by atoms with van der Waals surface area (Å²) in [5.41, 5.74) is 0.795. The molecule has 0 radical (unpaired) electrons. The number of rotatable bonds is 3. The van der Waals surface area contributed by atoms with Crippen LogP contribution in [0.5, 0.6) is 5.75 Å². The third-order valence-electron chi connectivity index (χ3n) is 4.25. The van der Waals surface area contributed by atoms with Crippen molar-refractivity contribution in [1.29, 1.82) is 0 Å². The molecule has 2 heterocycles. The fraction of sp³-hybridized carbons (Fsp3) is 0.500. The highest BCUT2D eigenvalue weighted by Crippen LogP contribution is 2.31. The van der Waals surface area contributed by atoms with Gasteiger partial charge in [-0.3, -0.25) is 9.59 Å². The van der Waals surface area contributed by atoms with Crippen molar-refractivity contribution in [2.45, 2.75) is 18.7 Å². The summed E-state index contributed by atoms with van der Waals surface area (Å²) in [5, 5.41) is 0.216. The van der Waals surface area contributed by atoms with E-state index in [0.717, 1.165) is 18.0 Å². The molecule has 2 amide bonds. The smallest absolute Gasteiger partial charge is 0.228 e. The molecule has 0 aliphatic carbocycles. The summed E-state index contributed by atoms with van der Waals surface area (Å²) in [6, 6.07) is 7.41. The normalized spacial score (nSPS) is 24.9. The maximum absolute atomic E-state index is 12.6. The van der Waals surface area contributed by atoms with Gasteiger partial charge in [-0.05, 0) is 19.1 Å². The average molecular weight is 320 g/mol. The Morgan fingerprint density at radius 3 is 2.91 bits per heavy atom. The maximum atomic E-state index is 12.6. The third-order valence-corrected chi connectivity index (χ3v) is 5.41. The van der Waals surface area contributed by atoms with Crippen LogP contribution in [0.2, 0.25) is 0 Å². The first-order chi connectivity index (χ1) is 10.6. The highest BCUT2D eigenvalue weighted by molar-refractivity contribution is 8.00. The molecule has 0 saturated carbocycles. The molecule has 118 valence electrons. The Bertz CT molecular complexity index is 593. The largest absolute Gasteiger partial charge is 0.497 e. The van der Waals surface area contributed by atoms with E-state index in [2.05, 4.69) is 0 Å². The lowest BCUT2D eigenvalue weighted by atomic mass is 10.1. The number of hydrogen-bond donors (Lipinski definition) is 0. The molecule has 2 aliphatic heterocycles. The van der Waals surface area contributed by atoms with Gasteiger partial charge in [-0.15, -0.1) is 11.8 Å². The zero-order valence-electron chi connectivity index (χ0n) is 12.8. The van der Waals surface area contributed by atoms with E-state index in [-0.39, 0.29) is 23.1 Å². The second kappa shape index (κ2) is 6.20. The molecular weight excluding hydrogens is 300 g/mol. The van der Waals surface area contributed by atoms with Crippen LogP contribution < -0.4 is 9.64 Å². The quantitative estimate of drug-likeness (QED) is 0.854. The summed E-state index contributed by atoms with van der Waals surface area (Å²) < 4.78 is 5.20. The summed E-state index contributed by atoms with van der Waals surface area (Å²) in [7, 11) is 1.60. The number of methoxy groups -OCH3 is 1. The van der Waals surface area contributed by atoms with Gasteiger partial charge in [0.2, 0.25) is 11.8 Å². The van der Waals surface area contributed by atoms with Crippen LogP contribution in [0.4, 0.5) is 5.69 Å². The molecule has 2 unspecified atom stereocenters. The van der Waals surface area contributed by atoms with Crippen LogP contribution in [-0.4, -0.2) is 48.0 Å². The highest BCUT2D eigenvalue weighted by atomic mass is 32.2. The van der Waals surface area contributed by atoms with Crippen LogP contribution in [0.3, 0.4) is 0 Å². The number of hydrogen-bond acceptors (Lipinski definition) is 4. The second-order valence-corrected chi connectivity index (χ2v) is 7.03. The molecule has 5 nitrogen and oxygen atoms in total. The molecule has 0 bridgehead atoms. The van der Waals surface area contributed by atoms with Gasteiger partial charge in [0.1, 0.15) is 5.75 Å². The van der Waals surface area contributed by atoms with Crippen molar-refractivity contribution in [2.24, 2.45) is 5.92 Å². The number of benzene rings is 1. The van der Waals surface area contributed by atoms with Crippen molar-refractivity contribution in [1.82, 2.24) is 4.90 Å². The fourth-order valence-corrected chi connectivity index (χ4v) is 4.05. The van der Waals surface area contributed by atoms with Crippen molar-refractivity contribution >= 4 is 29.3 Å². The molecule has 1 aromatic rings. The molecule has 2 saturated heterocycles. The van der Waals surface area contributed by atoms with Crippen LogP contribution >= 0.6 is 11.8 Å². The Kier molecular flexibility index (Phi) is 4.29. The van der Waals surface area contributed by atoms with Gasteiger partial charge >= 0.3 is 0 Å². The van der Waals surface area contributed by atoms with Crippen molar-refractivity contribution in [3.63, 3.8) is 0 Å². The summed E-state index contributed by atoms with van der Waals surface area (Å²) in [5.74, 6) is 1.57. The van der Waals surface area contributed by atoms with Crippen LogP contribution in [0, 0.1) is 5.92 Å². The first kappa shape index (κ1) is 15.2. The zero-order chi connectivity index (χ0) is 15.7. The van der Waals surface area contributed by atoms with Crippen LogP contribution in [0.1, 0.15) is 13.3 Å². The van der Waals surface area contributed by atoms with E-state index in [9.17, 15) is 9.59 Å². The average Bonchev–Trinajstić information content (AvgIpc) is 3.12. The number of nitrogens with zero attached hydrogens (tertiary/aromatic N) is 2. The predicted molar refractivity (Wildman–Crippen MR) is 87.1 cm³/mol. The topological polar surface area (TPSA) is 49.9 Å². The van der Waals surface area contributed by atoms with Crippen molar-refractivity contribution in [3.8, 4) is 5.75 Å². The van der Waals surface area contributed by atoms with Crippen molar-refractivity contribution in [2.75, 3.05) is 30.9 Å². The predicted octanol–water partition coefficient (Wildman–Crippen LogP) is 1.97. The van der Waals surface area contributed by atoms with Crippen molar-refractivity contribution in [3.05, 3.63) is 24.3 Å². The molecule has 0 N–H and O–H groups in total. The Balaban J connectivity index is 1.74. The Hall–Kier alpha value is -1.69. The minimum absolute atomic E-state index is 0.00565. The SMILES string of the molecule is COc1cccc(N2CC(C(=O)N3CCSC3C)CC2=O)c1. The van der Waals surface area contributed by atoms with E-state index in [0.29, 0.717) is 18.7 Å². The van der Waals surface area contributed by atoms with E-state index in [1.165, 1.54) is 0 Å². The number of anilines is 1. The minimum atomic E-state index is -0.236. The second-order valence-electron chi connectivity index (χ2n) is 5.61. The molecule has 2 atom stereocenters. The molecule has 0 spiro atoms. The van der Waals surface area contributed by atoms with E-state index in [1.807, 2.05) is 36.1 Å². The molecule has 0 aromatic heterocycles. The van der Waals surface area contributed by atoms with Gasteiger partial charge in [0.05, 0.1) is 18.4 Å². The maximum Gasteiger partial charge on any atom is 0.228 e. The molecule has 3 rings (SSSR count). The van der Waals surface area contributed by atoms with E-state index < -0.39 is 0 Å². The van der Waals surface area contributed by atoms with Crippen LogP contribution in [-0.2, 0) is 9.59 Å². The zero-order valence-corrected chi connectivity index (χ0v) is 13.6. The Morgan fingerprint density at radius 1 is 1.41 bits per heavy atom. The molecule has 6 heteroatoms. The number of thioether (sulfide) groups is 1. The van der Waals surface area contributed by atoms with E-state index >= 15 is 0 Å². The van der Waals surface area contributed by atoms with Gasteiger partial charge in [0.15, 0.2) is 0 Å². The van der Waals surface area contributed by atoms with E-state index in [1.54, 1.807) is 23.8 Å². The molecular formula is C16H20N2O3S. The summed E-state index contributed by atoms with van der Waals surface area (Å²) in [4.78, 5) is 28.5.